The van der Waals surface area contributed by atoms with Crippen LogP contribution in [0, 0.1) is 5.41 Å². The third-order valence-electron chi connectivity index (χ3n) is 18.2. The van der Waals surface area contributed by atoms with Gasteiger partial charge in [-0.25, -0.2) is 9.59 Å². The Kier molecular flexibility index (Phi) is 33.7. The lowest BCUT2D eigenvalue weighted by atomic mass is 10.0. The molecule has 0 radical (unpaired) electrons. The number of aliphatic hydroxyl groups is 1. The van der Waals surface area contributed by atoms with Crippen molar-refractivity contribution < 1.29 is 92.0 Å². The highest BCUT2D eigenvalue weighted by atomic mass is 33.1. The molecule has 4 bridgehead atoms. The third-order valence-corrected chi connectivity index (χ3v) is 20.6. The first-order valence-electron chi connectivity index (χ1n) is 36.0. The Morgan fingerprint density at radius 3 is 1.93 bits per heavy atom. The zero-order chi connectivity index (χ0) is 81.7. The van der Waals surface area contributed by atoms with Crippen LogP contribution in [0.15, 0.2) is 67.0 Å². The molecule has 2 fully saturated rings. The molecule has 42 nitrogen and oxygen atoms in total. The number of aryl methyl sites for hydroxylation is 1. The van der Waals surface area contributed by atoms with Crippen molar-refractivity contribution in [2.75, 3.05) is 37.7 Å². The van der Waals surface area contributed by atoms with E-state index in [0.29, 0.717) is 22.0 Å². The minimum Gasteiger partial charge on any atom is -0.481 e. The van der Waals surface area contributed by atoms with Crippen molar-refractivity contribution in [1.29, 1.82) is 5.41 Å². The molecule has 44 heteroatoms. The number of hydrogen-bond donors (Lipinski definition) is 22. The van der Waals surface area contributed by atoms with E-state index < -0.39 is 223 Å². The van der Waals surface area contributed by atoms with Crippen LogP contribution in [0.3, 0.4) is 0 Å². The van der Waals surface area contributed by atoms with Crippen molar-refractivity contribution in [1.82, 2.24) is 94.0 Å². The van der Waals surface area contributed by atoms with Crippen LogP contribution < -0.4 is 92.1 Å². The minimum absolute atomic E-state index is 0.0208. The summed E-state index contributed by atoms with van der Waals surface area (Å²) in [6.07, 6.45) is -3.63. The van der Waals surface area contributed by atoms with Crippen LogP contribution in [0.5, 0.6) is 0 Å². The molecule has 4 aromatic rings. The number of benzene rings is 2. The second-order valence-corrected chi connectivity index (χ2v) is 29.3. The number of guanidine groups is 1. The molecular formula is C68H95N23O19S2. The molecule has 5 heterocycles. The first kappa shape index (κ1) is 87.6. The van der Waals surface area contributed by atoms with Crippen LogP contribution in [0.25, 0.3) is 10.9 Å². The number of aromatic nitrogens is 4. The Hall–Kier alpha value is -11.7. The number of aromatic amines is 1. The lowest BCUT2D eigenvalue weighted by Gasteiger charge is -2.31. The molecule has 7 rings (SSSR count). The SMILES string of the molecule is C[C@@H](O)[C@@H]1NC(=O)[C@@H]2Cc3cn(nn3)CCC[C@H](C(=O)N[C@@H](Cc3ccccc3)C(=O)O)NC(=O)[C@H](CCC(N)=O)NC(=O)[C@H](Cc3c[nH]c4ccccc34)NC(=O)[C@H](CCCNC(N)=O)NC(=O)[C@H](CSSCC(NC(=O)CN)C(=O)N2)NC(=O)[C@H](CCCNC(=N)N)NC(=O)[C@@H]2CCCN2C(=O)[C@H](CC(=O)O)NC1=O. The second-order valence-electron chi connectivity index (χ2n) is 26.8. The van der Waals surface area contributed by atoms with Crippen LogP contribution in [0.4, 0.5) is 4.79 Å². The van der Waals surface area contributed by atoms with Gasteiger partial charge in [-0.2, -0.15) is 0 Å². The predicted octanol–water partition coefficient (Wildman–Crippen LogP) is -6.82. The molecule has 608 valence electrons. The van der Waals surface area contributed by atoms with Crippen molar-refractivity contribution in [3.05, 3.63) is 83.8 Å². The number of carboxylic acids is 2. The number of nitrogens with zero attached hydrogens (tertiary/aromatic N) is 4. The van der Waals surface area contributed by atoms with Gasteiger partial charge in [-0.15, -0.1) is 5.10 Å². The van der Waals surface area contributed by atoms with Crippen molar-refractivity contribution in [2.24, 2.45) is 22.9 Å². The van der Waals surface area contributed by atoms with Crippen LogP contribution in [-0.2, 0) is 97.7 Å². The van der Waals surface area contributed by atoms with Crippen LogP contribution in [-0.4, -0.2) is 257 Å². The molecule has 2 aromatic carbocycles. The fourth-order valence-electron chi connectivity index (χ4n) is 12.4. The molecule has 2 aromatic heterocycles. The lowest BCUT2D eigenvalue weighted by Crippen LogP contribution is -2.62. The number of amides is 15. The second kappa shape index (κ2) is 43.1. The molecule has 3 aliphatic rings. The number of carbonyl (C=O) groups excluding carboxylic acids is 14. The number of rotatable bonds is 23. The van der Waals surface area contributed by atoms with E-state index in [1.165, 1.54) is 10.9 Å². The van der Waals surface area contributed by atoms with Crippen LogP contribution in [0.1, 0.15) is 94.4 Å². The summed E-state index contributed by atoms with van der Waals surface area (Å²) in [5, 5.41) is 81.1. The van der Waals surface area contributed by atoms with E-state index >= 15 is 19.2 Å². The largest absolute Gasteiger partial charge is 0.481 e. The van der Waals surface area contributed by atoms with Crippen molar-refractivity contribution in [3.63, 3.8) is 0 Å². The zero-order valence-electron chi connectivity index (χ0n) is 61.0. The highest BCUT2D eigenvalue weighted by Crippen LogP contribution is 2.26. The minimum atomic E-state index is -2.05. The van der Waals surface area contributed by atoms with E-state index in [4.69, 9.17) is 28.3 Å². The van der Waals surface area contributed by atoms with Gasteiger partial charge in [-0.3, -0.25) is 77.2 Å². The quantitative estimate of drug-likeness (QED) is 0.0142. The Morgan fingerprint density at radius 2 is 1.26 bits per heavy atom. The molecule has 112 heavy (non-hydrogen) atoms. The Bertz CT molecular complexity index is 4070. The van der Waals surface area contributed by atoms with Gasteiger partial charge in [-0.1, -0.05) is 75.3 Å². The number of hydrogen-bond acceptors (Lipinski definition) is 23. The first-order chi connectivity index (χ1) is 53.4. The van der Waals surface area contributed by atoms with Crippen LogP contribution in [0.2, 0.25) is 0 Å². The molecule has 0 saturated carbocycles. The molecule has 0 aliphatic carbocycles. The zero-order valence-corrected chi connectivity index (χ0v) is 62.6. The molecule has 26 N–H and O–H groups in total. The number of nitrogens with one attached hydrogen (secondary N) is 15. The Morgan fingerprint density at radius 1 is 0.661 bits per heavy atom. The van der Waals surface area contributed by atoms with Crippen LogP contribution >= 0.6 is 21.6 Å². The smallest absolute Gasteiger partial charge is 0.326 e. The molecule has 15 amide bonds. The average Bonchev–Trinajstić information content (AvgIpc) is 0.905. The van der Waals surface area contributed by atoms with Gasteiger partial charge in [0.1, 0.15) is 72.5 Å². The maximum Gasteiger partial charge on any atom is 0.326 e. The summed E-state index contributed by atoms with van der Waals surface area (Å²) in [4.78, 5) is 231. The maximum absolute atomic E-state index is 15.3. The summed E-state index contributed by atoms with van der Waals surface area (Å²) in [6.45, 7) is -0.258. The van der Waals surface area contributed by atoms with E-state index in [1.807, 2.05) is 0 Å². The lowest BCUT2D eigenvalue weighted by molar-refractivity contribution is -0.146. The van der Waals surface area contributed by atoms with Crippen molar-refractivity contribution in [3.8, 4) is 0 Å². The van der Waals surface area contributed by atoms with Gasteiger partial charge in [0.05, 0.1) is 24.8 Å². The van der Waals surface area contributed by atoms with E-state index in [1.54, 1.807) is 60.8 Å². The number of urea groups is 1. The molecule has 1 unspecified atom stereocenters. The van der Waals surface area contributed by atoms with Gasteiger partial charge in [0.15, 0.2) is 5.96 Å². The number of carboxylic acid groups (broad SMARTS) is 2. The van der Waals surface area contributed by atoms with Gasteiger partial charge in [0.2, 0.25) is 76.8 Å². The fraction of sp³-hybridized carbons (Fsp3) is 0.515. The van der Waals surface area contributed by atoms with Crippen molar-refractivity contribution in [2.45, 2.75) is 182 Å². The molecule has 2 saturated heterocycles. The molecule has 13 atom stereocenters. The number of aliphatic carboxylic acids is 2. The molecular weight excluding hydrogens is 1510 g/mol. The molecule has 3 aliphatic heterocycles. The summed E-state index contributed by atoms with van der Waals surface area (Å²) in [6, 6.07) is -6.78. The normalized spacial score (nSPS) is 23.9. The van der Waals surface area contributed by atoms with Gasteiger partial charge in [-0.05, 0) is 81.9 Å². The fourth-order valence-corrected chi connectivity index (χ4v) is 14.8. The van der Waals surface area contributed by atoms with Gasteiger partial charge in [0, 0.05) is 86.7 Å². The molecule has 0 spiro atoms. The Balaban J connectivity index is 1.40. The highest BCUT2D eigenvalue weighted by Gasteiger charge is 2.43. The summed E-state index contributed by atoms with van der Waals surface area (Å²) in [7, 11) is 1.63. The number of primary amides is 2. The van der Waals surface area contributed by atoms with E-state index in [2.05, 4.69) is 84.4 Å². The Labute approximate surface area is 648 Å². The highest BCUT2D eigenvalue weighted by molar-refractivity contribution is 8.76. The van der Waals surface area contributed by atoms with Gasteiger partial charge < -0.3 is 117 Å². The number of para-hydroxylation sites is 1. The standard InChI is InChI=1S/C68H95N23O19S2/c1-34(92)54-64(106)84-46(28-53(95)96)65(107)91-24-10-18-50(91)63(105)81-41(15-7-21-74-67(71)72)57(99)86-49-33-112-111-32-48(77-52(94)29-69)61(103)83-45(60(102)87-54)27-37-31-90(89-88-37)23-9-17-42(56(98)85-47(66(108)109)25-35-11-3-2-4-12-35)78-58(100)43(19-20-51(70)93)80-59(101)44(26-36-30-76-39-14-6-5-13-38(36)39)82-55(97)40(79-62(49)104)16-8-22-75-68(73)110/h2-6,11-14,30-31,34,40-50,54,76,92H,7-10,15-29,32-33,69H2,1H3,(H2,70,93)(H,77,94)(H,78,100)(H,79,104)(H,80,101)(H,81,105)(H,82,97)(H,83,103)(H,84,106)(H,85,98)(H,86,99)(H,87,102)(H,95,96)(H,108,109)(H4,71,72,74)(H3,73,75,110)/t34-,40+,41+,42-,43+,44+,45+,46+,47+,48?,49+,50+,54+/m1/s1. The monoisotopic (exact) mass is 1600 g/mol. The summed E-state index contributed by atoms with van der Waals surface area (Å²) >= 11 is 0. The predicted molar refractivity (Wildman–Crippen MR) is 401 cm³/mol. The summed E-state index contributed by atoms with van der Waals surface area (Å²) in [5.74, 6) is -18.6. The summed E-state index contributed by atoms with van der Waals surface area (Å²) in [5.41, 5.74) is 23.7. The number of carbonyl (C=O) groups is 16. The van der Waals surface area contributed by atoms with E-state index in [9.17, 15) is 72.9 Å². The topological polar surface area (TPSA) is 668 Å². The van der Waals surface area contributed by atoms with Gasteiger partial charge >= 0.3 is 18.0 Å². The number of aliphatic hydroxyl groups excluding tert-OH is 1. The average molecular weight is 1600 g/mol. The first-order valence-corrected chi connectivity index (χ1v) is 38.4. The maximum atomic E-state index is 15.3. The van der Waals surface area contributed by atoms with Crippen molar-refractivity contribution >= 4 is 133 Å². The number of fused-ring (bicyclic) bond motifs is 12. The van der Waals surface area contributed by atoms with Gasteiger partial charge in [0.25, 0.3) is 0 Å². The van der Waals surface area contributed by atoms with E-state index in [0.717, 1.165) is 33.4 Å². The van der Waals surface area contributed by atoms with E-state index in [-0.39, 0.29) is 96.1 Å². The summed E-state index contributed by atoms with van der Waals surface area (Å²) < 4.78 is 1.22. The number of H-pyrrole nitrogens is 1. The number of nitrogens with two attached hydrogens (primary N) is 4. The third kappa shape index (κ3) is 27.1.